The molecule has 104 valence electrons. The van der Waals surface area contributed by atoms with E-state index < -0.39 is 0 Å². The third-order valence-electron chi connectivity index (χ3n) is 3.70. The van der Waals surface area contributed by atoms with Crippen LogP contribution in [-0.4, -0.2) is 6.04 Å². The van der Waals surface area contributed by atoms with Gasteiger partial charge in [0.25, 0.3) is 0 Å². The lowest BCUT2D eigenvalue weighted by atomic mass is 9.98. The molecule has 1 aliphatic carbocycles. The van der Waals surface area contributed by atoms with Gasteiger partial charge < -0.3 is 5.32 Å². The van der Waals surface area contributed by atoms with Gasteiger partial charge in [0.2, 0.25) is 0 Å². The Morgan fingerprint density at radius 1 is 1.05 bits per heavy atom. The van der Waals surface area contributed by atoms with Gasteiger partial charge in [-0.2, -0.15) is 0 Å². The molecular weight excluding hydrogens is 256 g/mol. The summed E-state index contributed by atoms with van der Waals surface area (Å²) in [5, 5.41) is 3.35. The van der Waals surface area contributed by atoms with Crippen molar-refractivity contribution in [3.63, 3.8) is 0 Å². The first-order valence-corrected chi connectivity index (χ1v) is 6.92. The van der Waals surface area contributed by atoms with Gasteiger partial charge in [-0.3, -0.25) is 0 Å². The molecule has 1 N–H and O–H groups in total. The van der Waals surface area contributed by atoms with Gasteiger partial charge in [0.15, 0.2) is 0 Å². The van der Waals surface area contributed by atoms with Crippen LogP contribution < -0.4 is 5.32 Å². The molecule has 3 heteroatoms. The molecule has 0 aromatic heterocycles. The van der Waals surface area contributed by atoms with Crippen LogP contribution in [0.15, 0.2) is 36.4 Å². The Hall–Kier alpha value is -1.74. The summed E-state index contributed by atoms with van der Waals surface area (Å²) < 4.78 is 27.6. The molecule has 20 heavy (non-hydrogen) atoms. The number of benzene rings is 2. The van der Waals surface area contributed by atoms with E-state index in [9.17, 15) is 8.78 Å². The number of hydrogen-bond acceptors (Lipinski definition) is 1. The van der Waals surface area contributed by atoms with Crippen LogP contribution in [0.3, 0.4) is 0 Å². The lowest BCUT2D eigenvalue weighted by Gasteiger charge is -2.10. The first-order valence-electron chi connectivity index (χ1n) is 6.92. The Morgan fingerprint density at radius 2 is 1.85 bits per heavy atom. The third-order valence-corrected chi connectivity index (χ3v) is 3.70. The fourth-order valence-corrected chi connectivity index (χ4v) is 2.32. The second kappa shape index (κ2) is 5.33. The van der Waals surface area contributed by atoms with E-state index in [1.165, 1.54) is 31.0 Å². The summed E-state index contributed by atoms with van der Waals surface area (Å²) in [6.07, 6.45) is 2.42. The normalized spacial score (nSPS) is 14.6. The Labute approximate surface area is 117 Å². The number of halogens is 2. The van der Waals surface area contributed by atoms with E-state index in [4.69, 9.17) is 0 Å². The lowest BCUT2D eigenvalue weighted by Crippen LogP contribution is -2.15. The highest BCUT2D eigenvalue weighted by molar-refractivity contribution is 5.68. The number of hydrogen-bond donors (Lipinski definition) is 1. The van der Waals surface area contributed by atoms with Crippen molar-refractivity contribution in [3.05, 3.63) is 59.2 Å². The molecule has 1 aliphatic rings. The lowest BCUT2D eigenvalue weighted by molar-refractivity contribution is 0.619. The summed E-state index contributed by atoms with van der Waals surface area (Å²) in [4.78, 5) is 0. The minimum absolute atomic E-state index is 0.297. The van der Waals surface area contributed by atoms with Crippen molar-refractivity contribution in [1.29, 1.82) is 0 Å². The molecule has 1 fully saturated rings. The highest BCUT2D eigenvalue weighted by Gasteiger charge is 2.20. The Morgan fingerprint density at radius 3 is 2.55 bits per heavy atom. The van der Waals surface area contributed by atoms with Gasteiger partial charge in [-0.1, -0.05) is 18.2 Å². The van der Waals surface area contributed by atoms with E-state index in [1.807, 2.05) is 13.0 Å². The molecule has 0 saturated heterocycles. The number of nitrogens with one attached hydrogen (secondary N) is 1. The Bertz CT molecular complexity index is 633. The average Bonchev–Trinajstić information content (AvgIpc) is 3.24. The third kappa shape index (κ3) is 2.88. The number of aryl methyl sites for hydroxylation is 1. The van der Waals surface area contributed by atoms with E-state index in [-0.39, 0.29) is 11.6 Å². The Kier molecular flexibility index (Phi) is 3.53. The van der Waals surface area contributed by atoms with Crippen molar-refractivity contribution >= 4 is 0 Å². The van der Waals surface area contributed by atoms with Crippen LogP contribution >= 0.6 is 0 Å². The maximum absolute atomic E-state index is 14.2. The summed E-state index contributed by atoms with van der Waals surface area (Å²) in [7, 11) is 0. The molecular formula is C17H17F2N. The molecule has 2 aromatic carbocycles. The molecule has 3 rings (SSSR count). The topological polar surface area (TPSA) is 12.0 Å². The predicted octanol–water partition coefficient (Wildman–Crippen LogP) is 4.19. The van der Waals surface area contributed by atoms with Crippen LogP contribution in [-0.2, 0) is 6.54 Å². The van der Waals surface area contributed by atoms with Crippen molar-refractivity contribution in [2.75, 3.05) is 0 Å². The zero-order chi connectivity index (χ0) is 14.1. The fourth-order valence-electron chi connectivity index (χ4n) is 2.32. The van der Waals surface area contributed by atoms with Gasteiger partial charge in [-0.05, 0) is 54.7 Å². The summed E-state index contributed by atoms with van der Waals surface area (Å²) in [5.41, 5.74) is 2.86. The summed E-state index contributed by atoms with van der Waals surface area (Å²) >= 11 is 0. The molecule has 0 amide bonds. The molecule has 0 aliphatic heterocycles. The minimum atomic E-state index is -0.343. The zero-order valence-corrected chi connectivity index (χ0v) is 11.4. The van der Waals surface area contributed by atoms with Crippen LogP contribution in [0.5, 0.6) is 0 Å². The van der Waals surface area contributed by atoms with Crippen molar-refractivity contribution in [1.82, 2.24) is 5.32 Å². The van der Waals surface area contributed by atoms with E-state index in [1.54, 1.807) is 12.1 Å². The molecule has 1 nitrogen and oxygen atoms in total. The maximum Gasteiger partial charge on any atom is 0.131 e. The SMILES string of the molecule is Cc1ccc(F)cc1-c1ccc(CNC2CC2)cc1F. The molecule has 0 atom stereocenters. The summed E-state index contributed by atoms with van der Waals surface area (Å²) in [6, 6.07) is 10.2. The zero-order valence-electron chi connectivity index (χ0n) is 11.4. The average molecular weight is 273 g/mol. The largest absolute Gasteiger partial charge is 0.310 e. The van der Waals surface area contributed by atoms with Gasteiger partial charge in [0, 0.05) is 18.2 Å². The highest BCUT2D eigenvalue weighted by atomic mass is 19.1. The van der Waals surface area contributed by atoms with Crippen molar-refractivity contribution in [2.45, 2.75) is 32.4 Å². The molecule has 1 saturated carbocycles. The quantitative estimate of drug-likeness (QED) is 0.880. The molecule has 0 bridgehead atoms. The van der Waals surface area contributed by atoms with Gasteiger partial charge in [-0.15, -0.1) is 0 Å². The molecule has 0 spiro atoms. The predicted molar refractivity (Wildman–Crippen MR) is 76.4 cm³/mol. The monoisotopic (exact) mass is 273 g/mol. The molecule has 0 radical (unpaired) electrons. The van der Waals surface area contributed by atoms with Crippen molar-refractivity contribution in [2.24, 2.45) is 0 Å². The van der Waals surface area contributed by atoms with Gasteiger partial charge in [0.05, 0.1) is 0 Å². The standard InChI is InChI=1S/C17H17F2N/c1-11-2-4-13(18)9-16(11)15-7-3-12(8-17(15)19)10-20-14-5-6-14/h2-4,7-9,14,20H,5-6,10H2,1H3. The van der Waals surface area contributed by atoms with Crippen LogP contribution in [0, 0.1) is 18.6 Å². The van der Waals surface area contributed by atoms with E-state index in [2.05, 4.69) is 5.32 Å². The minimum Gasteiger partial charge on any atom is -0.310 e. The number of rotatable bonds is 4. The first kappa shape index (κ1) is 13.3. The first-order chi connectivity index (χ1) is 9.63. The second-order valence-corrected chi connectivity index (χ2v) is 5.43. The van der Waals surface area contributed by atoms with E-state index in [0.717, 1.165) is 11.1 Å². The van der Waals surface area contributed by atoms with E-state index in [0.29, 0.717) is 23.7 Å². The Balaban J connectivity index is 1.87. The summed E-state index contributed by atoms with van der Waals surface area (Å²) in [6.45, 7) is 2.54. The second-order valence-electron chi connectivity index (χ2n) is 5.43. The summed E-state index contributed by atoms with van der Waals surface area (Å²) in [5.74, 6) is -0.640. The van der Waals surface area contributed by atoms with E-state index >= 15 is 0 Å². The van der Waals surface area contributed by atoms with Crippen LogP contribution in [0.1, 0.15) is 24.0 Å². The van der Waals surface area contributed by atoms with Gasteiger partial charge in [-0.25, -0.2) is 8.78 Å². The molecule has 0 unspecified atom stereocenters. The van der Waals surface area contributed by atoms with Crippen LogP contribution in [0.25, 0.3) is 11.1 Å². The maximum atomic E-state index is 14.2. The van der Waals surface area contributed by atoms with Crippen LogP contribution in [0.2, 0.25) is 0 Å². The van der Waals surface area contributed by atoms with Crippen LogP contribution in [0.4, 0.5) is 8.78 Å². The van der Waals surface area contributed by atoms with Gasteiger partial charge >= 0.3 is 0 Å². The smallest absolute Gasteiger partial charge is 0.131 e. The van der Waals surface area contributed by atoms with Gasteiger partial charge in [0.1, 0.15) is 11.6 Å². The fraction of sp³-hybridized carbons (Fsp3) is 0.294. The molecule has 0 heterocycles. The van der Waals surface area contributed by atoms with Crippen molar-refractivity contribution in [3.8, 4) is 11.1 Å². The molecule has 2 aromatic rings. The highest BCUT2D eigenvalue weighted by Crippen LogP contribution is 2.28. The van der Waals surface area contributed by atoms with Crippen molar-refractivity contribution < 1.29 is 8.78 Å².